The van der Waals surface area contributed by atoms with E-state index in [-0.39, 0.29) is 28.4 Å². The molecule has 7 heteroatoms. The second-order valence-electron chi connectivity index (χ2n) is 6.70. The summed E-state index contributed by atoms with van der Waals surface area (Å²) in [7, 11) is 0. The lowest BCUT2D eigenvalue weighted by Gasteiger charge is -2.06. The van der Waals surface area contributed by atoms with E-state index in [1.54, 1.807) is 36.4 Å². The molecule has 0 aliphatic carbocycles. The second kappa shape index (κ2) is 7.04. The lowest BCUT2D eigenvalue weighted by Crippen LogP contribution is -2.09. The SMILES string of the molecule is O=c1[nH]c2ccccc2cc1-c1noc(-c2cccc(-c3c(F)cccc3F)c2)n1. The Bertz CT molecular complexity index is 1440. The third-order valence-electron chi connectivity index (χ3n) is 4.78. The van der Waals surface area contributed by atoms with Crippen molar-refractivity contribution in [2.24, 2.45) is 0 Å². The van der Waals surface area contributed by atoms with Crippen LogP contribution in [0.5, 0.6) is 0 Å². The Labute approximate surface area is 168 Å². The van der Waals surface area contributed by atoms with Crippen LogP contribution in [0.4, 0.5) is 8.78 Å². The van der Waals surface area contributed by atoms with Gasteiger partial charge in [0.25, 0.3) is 11.4 Å². The van der Waals surface area contributed by atoms with Crippen molar-refractivity contribution >= 4 is 10.9 Å². The van der Waals surface area contributed by atoms with Crippen LogP contribution in [-0.2, 0) is 0 Å². The van der Waals surface area contributed by atoms with E-state index in [4.69, 9.17) is 4.52 Å². The first kappa shape index (κ1) is 17.9. The van der Waals surface area contributed by atoms with Gasteiger partial charge in [-0.3, -0.25) is 4.79 Å². The molecule has 0 aliphatic rings. The molecule has 5 aromatic rings. The van der Waals surface area contributed by atoms with E-state index in [1.807, 2.05) is 18.2 Å². The van der Waals surface area contributed by atoms with Crippen LogP contribution in [0.1, 0.15) is 0 Å². The Kier molecular flexibility index (Phi) is 4.21. The minimum Gasteiger partial charge on any atom is -0.334 e. The summed E-state index contributed by atoms with van der Waals surface area (Å²) in [6.45, 7) is 0. The van der Waals surface area contributed by atoms with E-state index in [0.29, 0.717) is 16.6 Å². The van der Waals surface area contributed by atoms with Gasteiger partial charge in [-0.15, -0.1) is 0 Å². The number of fused-ring (bicyclic) bond motifs is 1. The van der Waals surface area contributed by atoms with Crippen molar-refractivity contribution in [1.82, 2.24) is 15.1 Å². The highest BCUT2D eigenvalue weighted by Crippen LogP contribution is 2.30. The van der Waals surface area contributed by atoms with Crippen molar-refractivity contribution in [3.05, 3.63) is 94.8 Å². The summed E-state index contributed by atoms with van der Waals surface area (Å²) in [6, 6.07) is 19.2. The topological polar surface area (TPSA) is 71.8 Å². The van der Waals surface area contributed by atoms with E-state index in [1.165, 1.54) is 18.2 Å². The second-order valence-corrected chi connectivity index (χ2v) is 6.70. The van der Waals surface area contributed by atoms with Crippen molar-refractivity contribution < 1.29 is 13.3 Å². The zero-order chi connectivity index (χ0) is 20.7. The first-order valence-electron chi connectivity index (χ1n) is 9.11. The highest BCUT2D eigenvalue weighted by atomic mass is 19.1. The molecular weight excluding hydrogens is 388 g/mol. The average molecular weight is 401 g/mol. The molecule has 0 unspecified atom stereocenters. The molecule has 5 rings (SSSR count). The normalized spacial score (nSPS) is 11.1. The van der Waals surface area contributed by atoms with Crippen LogP contribution in [0.3, 0.4) is 0 Å². The monoisotopic (exact) mass is 401 g/mol. The van der Waals surface area contributed by atoms with Gasteiger partial charge in [0.2, 0.25) is 5.82 Å². The minimum absolute atomic E-state index is 0.125. The lowest BCUT2D eigenvalue weighted by molar-refractivity contribution is 0.432. The molecule has 0 amide bonds. The molecule has 0 radical (unpaired) electrons. The number of nitrogens with one attached hydrogen (secondary N) is 1. The van der Waals surface area contributed by atoms with Crippen LogP contribution in [-0.4, -0.2) is 15.1 Å². The summed E-state index contributed by atoms with van der Waals surface area (Å²) in [5.74, 6) is -1.07. The zero-order valence-electron chi connectivity index (χ0n) is 15.4. The molecule has 2 aromatic heterocycles. The Morgan fingerprint density at radius 1 is 0.833 bits per heavy atom. The molecule has 30 heavy (non-hydrogen) atoms. The number of hydrogen-bond acceptors (Lipinski definition) is 4. The predicted molar refractivity (Wildman–Crippen MR) is 109 cm³/mol. The standard InChI is InChI=1S/C23H13F2N3O2/c24-17-8-4-9-18(25)20(17)14-6-3-7-15(11-14)23-27-21(28-30-23)16-12-13-5-1-2-10-19(13)26-22(16)29/h1-12H,(H,26,29). The molecule has 146 valence electrons. The quantitative estimate of drug-likeness (QED) is 0.452. The third kappa shape index (κ3) is 3.06. The van der Waals surface area contributed by atoms with Crippen LogP contribution >= 0.6 is 0 Å². The van der Waals surface area contributed by atoms with E-state index in [2.05, 4.69) is 15.1 Å². The van der Waals surface area contributed by atoms with Gasteiger partial charge >= 0.3 is 0 Å². The fraction of sp³-hybridized carbons (Fsp3) is 0. The largest absolute Gasteiger partial charge is 0.334 e. The zero-order valence-corrected chi connectivity index (χ0v) is 15.4. The number of benzene rings is 3. The summed E-state index contributed by atoms with van der Waals surface area (Å²) < 4.78 is 33.6. The summed E-state index contributed by atoms with van der Waals surface area (Å²) in [5.41, 5.74) is 1.31. The van der Waals surface area contributed by atoms with E-state index >= 15 is 0 Å². The number of H-pyrrole nitrogens is 1. The molecule has 0 atom stereocenters. The maximum absolute atomic E-state index is 14.1. The molecule has 0 spiro atoms. The molecule has 0 saturated carbocycles. The summed E-state index contributed by atoms with van der Waals surface area (Å²) >= 11 is 0. The van der Waals surface area contributed by atoms with Crippen molar-refractivity contribution in [1.29, 1.82) is 0 Å². The minimum atomic E-state index is -0.666. The summed E-state index contributed by atoms with van der Waals surface area (Å²) in [5, 5.41) is 4.74. The van der Waals surface area contributed by atoms with Crippen molar-refractivity contribution in [2.75, 3.05) is 0 Å². The van der Waals surface area contributed by atoms with Gasteiger partial charge < -0.3 is 9.51 Å². The lowest BCUT2D eigenvalue weighted by atomic mass is 10.0. The van der Waals surface area contributed by atoms with Crippen molar-refractivity contribution in [3.8, 4) is 34.0 Å². The number of hydrogen-bond donors (Lipinski definition) is 1. The van der Waals surface area contributed by atoms with Gasteiger partial charge in [-0.1, -0.05) is 41.6 Å². The fourth-order valence-corrected chi connectivity index (χ4v) is 3.34. The van der Waals surface area contributed by atoms with Gasteiger partial charge in [-0.25, -0.2) is 8.78 Å². The van der Waals surface area contributed by atoms with Crippen LogP contribution in [0.25, 0.3) is 44.9 Å². The van der Waals surface area contributed by atoms with Gasteiger partial charge in [0.1, 0.15) is 11.6 Å². The number of halogens is 2. The van der Waals surface area contributed by atoms with Crippen LogP contribution in [0.2, 0.25) is 0 Å². The molecule has 2 heterocycles. The first-order chi connectivity index (χ1) is 14.6. The molecule has 5 nitrogen and oxygen atoms in total. The van der Waals surface area contributed by atoms with Gasteiger partial charge in [0.05, 0.1) is 11.1 Å². The molecule has 0 fully saturated rings. The molecule has 0 aliphatic heterocycles. The average Bonchev–Trinajstić information content (AvgIpc) is 3.23. The van der Waals surface area contributed by atoms with E-state index in [9.17, 15) is 13.6 Å². The number of rotatable bonds is 3. The van der Waals surface area contributed by atoms with Crippen LogP contribution in [0, 0.1) is 11.6 Å². The summed E-state index contributed by atoms with van der Waals surface area (Å²) in [6.07, 6.45) is 0. The number of nitrogens with zero attached hydrogens (tertiary/aromatic N) is 2. The smallest absolute Gasteiger partial charge is 0.259 e. The van der Waals surface area contributed by atoms with Gasteiger partial charge in [0.15, 0.2) is 0 Å². The highest BCUT2D eigenvalue weighted by molar-refractivity contribution is 5.82. The highest BCUT2D eigenvalue weighted by Gasteiger charge is 2.16. The number of para-hydroxylation sites is 1. The molecule has 0 bridgehead atoms. The summed E-state index contributed by atoms with van der Waals surface area (Å²) in [4.78, 5) is 19.5. The van der Waals surface area contributed by atoms with Crippen molar-refractivity contribution in [3.63, 3.8) is 0 Å². The van der Waals surface area contributed by atoms with E-state index in [0.717, 1.165) is 5.39 Å². The Morgan fingerprint density at radius 3 is 2.40 bits per heavy atom. The van der Waals surface area contributed by atoms with Gasteiger partial charge in [-0.2, -0.15) is 4.98 Å². The Hall–Kier alpha value is -4.13. The number of aromatic nitrogens is 3. The van der Waals surface area contributed by atoms with Crippen molar-refractivity contribution in [2.45, 2.75) is 0 Å². The molecular formula is C23H13F2N3O2. The van der Waals surface area contributed by atoms with Gasteiger partial charge in [0, 0.05) is 11.1 Å². The fourth-order valence-electron chi connectivity index (χ4n) is 3.34. The van der Waals surface area contributed by atoms with Crippen LogP contribution < -0.4 is 5.56 Å². The Morgan fingerprint density at radius 2 is 1.57 bits per heavy atom. The Balaban J connectivity index is 1.57. The molecule has 3 aromatic carbocycles. The predicted octanol–water partition coefficient (Wildman–Crippen LogP) is 5.19. The first-order valence-corrected chi connectivity index (χ1v) is 9.11. The number of aromatic amines is 1. The maximum Gasteiger partial charge on any atom is 0.259 e. The number of pyridine rings is 1. The molecule has 0 saturated heterocycles. The van der Waals surface area contributed by atoms with Gasteiger partial charge in [-0.05, 0) is 47.3 Å². The van der Waals surface area contributed by atoms with Crippen LogP contribution in [0.15, 0.2) is 82.1 Å². The third-order valence-corrected chi connectivity index (χ3v) is 4.78. The molecule has 1 N–H and O–H groups in total. The maximum atomic E-state index is 14.1. The van der Waals surface area contributed by atoms with E-state index < -0.39 is 11.6 Å².